The Morgan fingerprint density at radius 3 is 1.86 bits per heavy atom. The van der Waals surface area contributed by atoms with Gasteiger partial charge in [0.2, 0.25) is 5.91 Å². The number of piperidine rings is 1. The molecule has 42 heavy (non-hydrogen) atoms. The summed E-state index contributed by atoms with van der Waals surface area (Å²) in [5.41, 5.74) is 0.554. The zero-order chi connectivity index (χ0) is 30.8. The van der Waals surface area contributed by atoms with Crippen LogP contribution in [-0.4, -0.2) is 71.2 Å². The molecule has 4 rings (SSSR count). The molecule has 7 nitrogen and oxygen atoms in total. The minimum absolute atomic E-state index is 0.0309. The third-order valence-corrected chi connectivity index (χ3v) is 8.35. The van der Waals surface area contributed by atoms with Gasteiger partial charge in [0.1, 0.15) is 17.3 Å². The molecule has 0 aliphatic carbocycles. The number of nitrogens with zero attached hydrogens (tertiary/aromatic N) is 2. The molecule has 0 saturated carbocycles. The number of halogens is 1. The smallest absolute Gasteiger partial charge is 0.228 e. The van der Waals surface area contributed by atoms with Crippen LogP contribution in [0.2, 0.25) is 0 Å². The first-order chi connectivity index (χ1) is 19.8. The van der Waals surface area contributed by atoms with Gasteiger partial charge in [-0.3, -0.25) is 14.4 Å². The van der Waals surface area contributed by atoms with E-state index in [0.717, 1.165) is 0 Å². The summed E-state index contributed by atoms with van der Waals surface area (Å²) >= 11 is 0. The lowest BCUT2D eigenvalue weighted by Crippen LogP contribution is -2.55. The van der Waals surface area contributed by atoms with Crippen molar-refractivity contribution in [1.82, 2.24) is 9.80 Å². The van der Waals surface area contributed by atoms with E-state index in [0.29, 0.717) is 24.1 Å². The van der Waals surface area contributed by atoms with Crippen molar-refractivity contribution in [2.24, 2.45) is 17.3 Å². The van der Waals surface area contributed by atoms with Crippen LogP contribution < -0.4 is 0 Å². The fraction of sp³-hybridized carbons (Fsp3) is 0.382. The first kappa shape index (κ1) is 30.9. The highest BCUT2D eigenvalue weighted by molar-refractivity contribution is 6.03. The van der Waals surface area contributed by atoms with Crippen LogP contribution in [0.3, 0.4) is 0 Å². The number of benzene rings is 3. The van der Waals surface area contributed by atoms with Gasteiger partial charge in [0.05, 0.1) is 0 Å². The molecule has 222 valence electrons. The van der Waals surface area contributed by atoms with E-state index in [1.165, 1.54) is 30.3 Å². The van der Waals surface area contributed by atoms with Gasteiger partial charge in [0, 0.05) is 47.4 Å². The van der Waals surface area contributed by atoms with Crippen molar-refractivity contribution in [2.45, 2.75) is 33.1 Å². The number of rotatable bonds is 9. The molecule has 0 spiro atoms. The Labute approximate surface area is 246 Å². The van der Waals surface area contributed by atoms with Gasteiger partial charge in [-0.25, -0.2) is 4.39 Å². The Bertz CT molecular complexity index is 1420. The van der Waals surface area contributed by atoms with Crippen LogP contribution >= 0.6 is 0 Å². The van der Waals surface area contributed by atoms with Gasteiger partial charge < -0.3 is 20.0 Å². The summed E-state index contributed by atoms with van der Waals surface area (Å²) in [5, 5.41) is 20.3. The number of hydrogen-bond acceptors (Lipinski definition) is 6. The number of ketones is 2. The molecule has 1 amide bonds. The summed E-state index contributed by atoms with van der Waals surface area (Å²) in [4.78, 5) is 46.1. The molecule has 0 radical (unpaired) electrons. The Balaban J connectivity index is 1.88. The summed E-state index contributed by atoms with van der Waals surface area (Å²) in [7, 11) is 3.86. The number of likely N-dealkylation sites (tertiary alicyclic amines) is 1. The molecule has 2 unspecified atom stereocenters. The SMILES string of the molecule is Cc1c(F)cccc1C1C(C(=O)c2cccc(O)c2)CN(C(=O)C(C)(C)CCN(C)C)CC1C(=O)c1cccc(O)c1. The maximum absolute atomic E-state index is 14.9. The first-order valence-corrected chi connectivity index (χ1v) is 14.2. The van der Waals surface area contributed by atoms with Gasteiger partial charge in [-0.2, -0.15) is 0 Å². The predicted octanol–water partition coefficient (Wildman–Crippen LogP) is 5.45. The van der Waals surface area contributed by atoms with Gasteiger partial charge in [0.15, 0.2) is 11.6 Å². The van der Waals surface area contributed by atoms with Gasteiger partial charge in [0.25, 0.3) is 0 Å². The predicted molar refractivity (Wildman–Crippen MR) is 159 cm³/mol. The van der Waals surface area contributed by atoms with Crippen molar-refractivity contribution in [3.05, 3.63) is 94.8 Å². The van der Waals surface area contributed by atoms with Crippen LogP contribution in [0.4, 0.5) is 4.39 Å². The summed E-state index contributed by atoms with van der Waals surface area (Å²) in [6.07, 6.45) is 0.568. The fourth-order valence-corrected chi connectivity index (χ4v) is 5.92. The topological polar surface area (TPSA) is 98.2 Å². The van der Waals surface area contributed by atoms with Crippen molar-refractivity contribution in [3.63, 3.8) is 0 Å². The second-order valence-electron chi connectivity index (χ2n) is 12.2. The quantitative estimate of drug-likeness (QED) is 0.330. The average Bonchev–Trinajstić information content (AvgIpc) is 2.96. The van der Waals surface area contributed by atoms with Crippen molar-refractivity contribution in [2.75, 3.05) is 33.7 Å². The third-order valence-electron chi connectivity index (χ3n) is 8.35. The summed E-state index contributed by atoms with van der Waals surface area (Å²) < 4.78 is 14.9. The lowest BCUT2D eigenvalue weighted by Gasteiger charge is -2.45. The normalized spacial score (nSPS) is 19.1. The molecule has 1 saturated heterocycles. The van der Waals surface area contributed by atoms with E-state index in [-0.39, 0.29) is 53.2 Å². The number of amides is 1. The first-order valence-electron chi connectivity index (χ1n) is 14.2. The summed E-state index contributed by atoms with van der Waals surface area (Å²) in [6, 6.07) is 16.6. The van der Waals surface area contributed by atoms with E-state index in [1.54, 1.807) is 48.2 Å². The molecule has 1 aliphatic rings. The Kier molecular flexibility index (Phi) is 9.16. The van der Waals surface area contributed by atoms with Gasteiger partial charge >= 0.3 is 0 Å². The highest BCUT2D eigenvalue weighted by atomic mass is 19.1. The standard InChI is InChI=1S/C34H39FN2O5/c1-21-26(13-8-14-29(21)35)30-27(31(40)22-9-6-11-24(38)17-22)19-37(33(42)34(2,3)15-16-36(4)5)20-28(30)32(41)23-10-7-12-25(39)18-23/h6-14,17-18,27-28,30,38-39H,15-16,19-20H2,1-5H3. The Hall–Kier alpha value is -4.04. The second kappa shape index (κ2) is 12.4. The highest BCUT2D eigenvalue weighted by Crippen LogP contribution is 2.43. The maximum Gasteiger partial charge on any atom is 0.228 e. The summed E-state index contributed by atoms with van der Waals surface area (Å²) in [6.45, 7) is 6.08. The molecule has 1 fully saturated rings. The number of aromatic hydroxyl groups is 2. The monoisotopic (exact) mass is 574 g/mol. The molecular weight excluding hydrogens is 535 g/mol. The number of phenols is 2. The van der Waals surface area contributed by atoms with Crippen molar-refractivity contribution < 1.29 is 29.0 Å². The van der Waals surface area contributed by atoms with E-state index in [4.69, 9.17) is 0 Å². The van der Waals surface area contributed by atoms with Crippen molar-refractivity contribution in [3.8, 4) is 11.5 Å². The lowest BCUT2D eigenvalue weighted by atomic mass is 9.67. The summed E-state index contributed by atoms with van der Waals surface area (Å²) in [5.74, 6) is -4.07. The zero-order valence-electron chi connectivity index (χ0n) is 24.8. The molecule has 3 aromatic rings. The molecule has 3 aromatic carbocycles. The van der Waals surface area contributed by atoms with E-state index >= 15 is 0 Å². The van der Waals surface area contributed by atoms with Gasteiger partial charge in [-0.05, 0) is 75.4 Å². The number of carbonyl (C=O) groups excluding carboxylic acids is 3. The van der Waals surface area contributed by atoms with Crippen LogP contribution in [0.1, 0.15) is 58.0 Å². The number of hydrogen-bond donors (Lipinski definition) is 2. The molecule has 2 atom stereocenters. The number of Topliss-reactive ketones (excluding diaryl/α,β-unsaturated/α-hetero) is 2. The number of phenolic OH excluding ortho intramolecular Hbond substituents is 2. The van der Waals surface area contributed by atoms with Gasteiger partial charge in [-0.1, -0.05) is 50.2 Å². The minimum atomic E-state index is -0.902. The van der Waals surface area contributed by atoms with Crippen LogP contribution in [0.15, 0.2) is 66.7 Å². The molecule has 0 aromatic heterocycles. The molecule has 2 N–H and O–H groups in total. The molecular formula is C34H39FN2O5. The zero-order valence-corrected chi connectivity index (χ0v) is 24.8. The van der Waals surface area contributed by atoms with Crippen molar-refractivity contribution in [1.29, 1.82) is 0 Å². The van der Waals surface area contributed by atoms with Crippen LogP contribution in [0.5, 0.6) is 11.5 Å². The van der Waals surface area contributed by atoms with E-state index in [1.807, 2.05) is 32.8 Å². The van der Waals surface area contributed by atoms with Crippen LogP contribution in [0.25, 0.3) is 0 Å². The largest absolute Gasteiger partial charge is 0.508 e. The van der Waals surface area contributed by atoms with E-state index < -0.39 is 29.0 Å². The molecule has 0 bridgehead atoms. The Morgan fingerprint density at radius 2 is 1.38 bits per heavy atom. The minimum Gasteiger partial charge on any atom is -0.508 e. The lowest BCUT2D eigenvalue weighted by molar-refractivity contribution is -0.143. The molecule has 8 heteroatoms. The average molecular weight is 575 g/mol. The van der Waals surface area contributed by atoms with E-state index in [2.05, 4.69) is 0 Å². The van der Waals surface area contributed by atoms with E-state index in [9.17, 15) is 29.0 Å². The number of carbonyl (C=O) groups is 3. The molecule has 1 aliphatic heterocycles. The Morgan fingerprint density at radius 1 is 0.881 bits per heavy atom. The molecule has 1 heterocycles. The van der Waals surface area contributed by atoms with Gasteiger partial charge in [-0.15, -0.1) is 0 Å². The second-order valence-corrected chi connectivity index (χ2v) is 12.2. The van der Waals surface area contributed by atoms with Crippen LogP contribution in [-0.2, 0) is 4.79 Å². The highest BCUT2D eigenvalue weighted by Gasteiger charge is 2.48. The maximum atomic E-state index is 14.9. The van der Waals surface area contributed by atoms with Crippen LogP contribution in [0, 0.1) is 30.0 Å². The van der Waals surface area contributed by atoms with Crippen molar-refractivity contribution >= 4 is 17.5 Å². The third kappa shape index (κ3) is 6.54. The fourth-order valence-electron chi connectivity index (χ4n) is 5.92.